The molecule has 0 unspecified atom stereocenters. The van der Waals surface area contributed by atoms with E-state index in [1.54, 1.807) is 6.07 Å². The van der Waals surface area contributed by atoms with E-state index in [2.05, 4.69) is 5.32 Å². The molecule has 0 aliphatic carbocycles. The summed E-state index contributed by atoms with van der Waals surface area (Å²) in [6.07, 6.45) is -4.63. The summed E-state index contributed by atoms with van der Waals surface area (Å²) in [5.74, 6) is -0.656. The summed E-state index contributed by atoms with van der Waals surface area (Å²) in [6, 6.07) is 11.0. The fourth-order valence-electron chi connectivity index (χ4n) is 2.08. The molecule has 2 rings (SSSR count). The number of sulfonamides is 1. The first-order chi connectivity index (χ1) is 11.7. The topological polar surface area (TPSA) is 66.5 Å². The van der Waals surface area contributed by atoms with Gasteiger partial charge in [0.25, 0.3) is 10.0 Å². The highest BCUT2D eigenvalue weighted by atomic mass is 32.2. The predicted molar refractivity (Wildman–Crippen MR) is 86.5 cm³/mol. The van der Waals surface area contributed by atoms with Crippen LogP contribution in [0.4, 0.5) is 18.9 Å². The first kappa shape index (κ1) is 18.8. The summed E-state index contributed by atoms with van der Waals surface area (Å²) in [5, 5.41) is 2.27. The van der Waals surface area contributed by atoms with Crippen molar-refractivity contribution in [1.82, 2.24) is 5.32 Å². The van der Waals surface area contributed by atoms with Crippen LogP contribution in [-0.2, 0) is 21.0 Å². The van der Waals surface area contributed by atoms with Crippen LogP contribution in [-0.4, -0.2) is 27.9 Å². The van der Waals surface area contributed by atoms with Crippen LogP contribution in [0.1, 0.15) is 5.56 Å². The lowest BCUT2D eigenvalue weighted by molar-refractivity contribution is -0.137. The molecular weight excluding hydrogens is 357 g/mol. The second-order valence-electron chi connectivity index (χ2n) is 5.05. The van der Waals surface area contributed by atoms with Crippen LogP contribution < -0.4 is 9.62 Å². The van der Waals surface area contributed by atoms with Crippen molar-refractivity contribution in [3.63, 3.8) is 0 Å². The lowest BCUT2D eigenvalue weighted by Gasteiger charge is -2.24. The third-order valence-electron chi connectivity index (χ3n) is 3.36. The Bertz CT molecular complexity index is 852. The third-order valence-corrected chi connectivity index (χ3v) is 5.15. The number of alkyl halides is 3. The Morgan fingerprint density at radius 3 is 2.28 bits per heavy atom. The number of hydrogen-bond acceptors (Lipinski definition) is 3. The van der Waals surface area contributed by atoms with E-state index in [-0.39, 0.29) is 10.6 Å². The zero-order valence-corrected chi connectivity index (χ0v) is 13.9. The molecule has 0 radical (unpaired) electrons. The highest BCUT2D eigenvalue weighted by molar-refractivity contribution is 7.92. The van der Waals surface area contributed by atoms with Crippen LogP contribution in [0.3, 0.4) is 0 Å². The zero-order valence-electron chi connectivity index (χ0n) is 13.1. The number of amides is 1. The maximum atomic E-state index is 12.9. The quantitative estimate of drug-likeness (QED) is 0.878. The van der Waals surface area contributed by atoms with E-state index in [1.807, 2.05) is 0 Å². The molecule has 0 atom stereocenters. The summed E-state index contributed by atoms with van der Waals surface area (Å²) >= 11 is 0. The van der Waals surface area contributed by atoms with Gasteiger partial charge in [0, 0.05) is 7.05 Å². The average molecular weight is 372 g/mol. The van der Waals surface area contributed by atoms with Crippen LogP contribution in [0.15, 0.2) is 59.5 Å². The van der Waals surface area contributed by atoms with Crippen molar-refractivity contribution in [3.8, 4) is 0 Å². The molecule has 0 spiro atoms. The molecule has 0 bridgehead atoms. The number of benzene rings is 2. The molecule has 0 aliphatic rings. The molecule has 1 amide bonds. The predicted octanol–water partition coefficient (Wildman–Crippen LogP) is 2.65. The van der Waals surface area contributed by atoms with Crippen LogP contribution in [0.5, 0.6) is 0 Å². The summed E-state index contributed by atoms with van der Waals surface area (Å²) < 4.78 is 65.1. The van der Waals surface area contributed by atoms with Gasteiger partial charge in [-0.2, -0.15) is 13.2 Å². The highest BCUT2D eigenvalue weighted by Crippen LogP contribution is 2.33. The van der Waals surface area contributed by atoms with Crippen LogP contribution in [0.2, 0.25) is 0 Å². The van der Waals surface area contributed by atoms with Crippen molar-refractivity contribution in [1.29, 1.82) is 0 Å². The van der Waals surface area contributed by atoms with Gasteiger partial charge in [-0.25, -0.2) is 8.42 Å². The molecule has 0 saturated carbocycles. The van der Waals surface area contributed by atoms with Crippen molar-refractivity contribution < 1.29 is 26.4 Å². The lowest BCUT2D eigenvalue weighted by Crippen LogP contribution is -2.39. The Kier molecular flexibility index (Phi) is 5.36. The van der Waals surface area contributed by atoms with E-state index >= 15 is 0 Å². The third kappa shape index (κ3) is 4.30. The number of nitrogens with zero attached hydrogens (tertiary/aromatic N) is 1. The molecular formula is C16H15F3N2O3S. The SMILES string of the molecule is CNC(=O)CN(c1cccc(C(F)(F)F)c1)S(=O)(=O)c1ccccc1. The van der Waals surface area contributed by atoms with E-state index < -0.39 is 34.2 Å². The van der Waals surface area contributed by atoms with Gasteiger partial charge in [0.2, 0.25) is 5.91 Å². The van der Waals surface area contributed by atoms with Crippen molar-refractivity contribution in [2.45, 2.75) is 11.1 Å². The van der Waals surface area contributed by atoms with Crippen LogP contribution in [0, 0.1) is 0 Å². The molecule has 2 aromatic carbocycles. The molecule has 0 aliphatic heterocycles. The van der Waals surface area contributed by atoms with Gasteiger partial charge in [0.15, 0.2) is 0 Å². The number of anilines is 1. The second-order valence-corrected chi connectivity index (χ2v) is 6.91. The van der Waals surface area contributed by atoms with Gasteiger partial charge in [-0.15, -0.1) is 0 Å². The number of hydrogen-bond donors (Lipinski definition) is 1. The standard InChI is InChI=1S/C16H15F3N2O3S/c1-20-15(22)11-21(25(23,24)14-8-3-2-4-9-14)13-7-5-6-12(10-13)16(17,18)19/h2-10H,11H2,1H3,(H,20,22). The Balaban J connectivity index is 2.56. The van der Waals surface area contributed by atoms with Gasteiger partial charge in [-0.3, -0.25) is 9.10 Å². The molecule has 0 saturated heterocycles. The van der Waals surface area contributed by atoms with E-state index in [1.165, 1.54) is 37.4 Å². The number of likely N-dealkylation sites (N-methyl/N-ethyl adjacent to an activating group) is 1. The van der Waals surface area contributed by atoms with Crippen LogP contribution >= 0.6 is 0 Å². The first-order valence-electron chi connectivity index (χ1n) is 7.12. The van der Waals surface area contributed by atoms with Crippen molar-refractivity contribution in [2.75, 3.05) is 17.9 Å². The first-order valence-corrected chi connectivity index (χ1v) is 8.56. The highest BCUT2D eigenvalue weighted by Gasteiger charge is 2.33. The molecule has 25 heavy (non-hydrogen) atoms. The molecule has 0 fully saturated rings. The fraction of sp³-hybridized carbons (Fsp3) is 0.188. The van der Waals surface area contributed by atoms with E-state index in [0.717, 1.165) is 12.1 Å². The van der Waals surface area contributed by atoms with E-state index in [4.69, 9.17) is 0 Å². The minimum atomic E-state index is -4.63. The summed E-state index contributed by atoms with van der Waals surface area (Å²) in [5.41, 5.74) is -1.25. The van der Waals surface area contributed by atoms with Gasteiger partial charge < -0.3 is 5.32 Å². The Hall–Kier alpha value is -2.55. The van der Waals surface area contributed by atoms with Crippen molar-refractivity contribution in [3.05, 3.63) is 60.2 Å². The number of carbonyl (C=O) groups excluding carboxylic acids is 1. The monoisotopic (exact) mass is 372 g/mol. The van der Waals surface area contributed by atoms with Crippen molar-refractivity contribution >= 4 is 21.6 Å². The van der Waals surface area contributed by atoms with E-state index in [0.29, 0.717) is 10.4 Å². The molecule has 1 N–H and O–H groups in total. The maximum absolute atomic E-state index is 12.9. The molecule has 2 aromatic rings. The van der Waals surface area contributed by atoms with E-state index in [9.17, 15) is 26.4 Å². The summed E-state index contributed by atoms with van der Waals surface area (Å²) in [4.78, 5) is 11.6. The van der Waals surface area contributed by atoms with Gasteiger partial charge in [0.1, 0.15) is 6.54 Å². The van der Waals surface area contributed by atoms with Gasteiger partial charge in [-0.1, -0.05) is 24.3 Å². The number of halogens is 3. The fourth-order valence-corrected chi connectivity index (χ4v) is 3.52. The second kappa shape index (κ2) is 7.14. The summed E-state index contributed by atoms with van der Waals surface area (Å²) in [7, 11) is -2.91. The summed E-state index contributed by atoms with van der Waals surface area (Å²) in [6.45, 7) is -0.644. The Morgan fingerprint density at radius 2 is 1.72 bits per heavy atom. The molecule has 9 heteroatoms. The minimum Gasteiger partial charge on any atom is -0.358 e. The zero-order chi connectivity index (χ0) is 18.7. The Morgan fingerprint density at radius 1 is 1.08 bits per heavy atom. The van der Waals surface area contributed by atoms with Gasteiger partial charge in [-0.05, 0) is 30.3 Å². The number of rotatable bonds is 5. The van der Waals surface area contributed by atoms with Crippen LogP contribution in [0.25, 0.3) is 0 Å². The Labute approximate surface area is 143 Å². The largest absolute Gasteiger partial charge is 0.416 e. The molecule has 0 heterocycles. The number of nitrogens with one attached hydrogen (secondary N) is 1. The van der Waals surface area contributed by atoms with Gasteiger partial charge >= 0.3 is 6.18 Å². The maximum Gasteiger partial charge on any atom is 0.416 e. The van der Waals surface area contributed by atoms with Gasteiger partial charge in [0.05, 0.1) is 16.1 Å². The van der Waals surface area contributed by atoms with Crippen molar-refractivity contribution in [2.24, 2.45) is 0 Å². The normalized spacial score (nSPS) is 11.8. The average Bonchev–Trinajstić information content (AvgIpc) is 2.59. The molecule has 5 nitrogen and oxygen atoms in total. The molecule has 0 aromatic heterocycles. The smallest absolute Gasteiger partial charge is 0.358 e. The minimum absolute atomic E-state index is 0.128. The lowest BCUT2D eigenvalue weighted by atomic mass is 10.2. The number of carbonyl (C=O) groups is 1. The molecule has 134 valence electrons.